The summed E-state index contributed by atoms with van der Waals surface area (Å²) in [6.45, 7) is 9.87. The molecule has 0 saturated heterocycles. The molecule has 0 aliphatic heterocycles. The molecule has 0 spiro atoms. The molecule has 0 fully saturated rings. The molecule has 0 radical (unpaired) electrons. The highest BCUT2D eigenvalue weighted by atomic mass is 16.6. The summed E-state index contributed by atoms with van der Waals surface area (Å²) < 4.78 is 5.11. The highest BCUT2D eigenvalue weighted by Gasteiger charge is 2.15. The zero-order valence-electron chi connectivity index (χ0n) is 18.8. The second-order valence-corrected chi connectivity index (χ2v) is 8.41. The van der Waals surface area contributed by atoms with Crippen LogP contribution in [-0.2, 0) is 16.1 Å². The lowest BCUT2D eigenvalue weighted by Gasteiger charge is -2.19. The van der Waals surface area contributed by atoms with E-state index in [1.165, 1.54) is 0 Å². The van der Waals surface area contributed by atoms with Gasteiger partial charge < -0.3 is 20.7 Å². The normalized spacial score (nSPS) is 10.9. The van der Waals surface area contributed by atoms with Crippen molar-refractivity contribution in [1.82, 2.24) is 10.6 Å². The lowest BCUT2D eigenvalue weighted by molar-refractivity contribution is -0.121. The average Bonchev–Trinajstić information content (AvgIpc) is 2.68. The molecule has 7 nitrogen and oxygen atoms in total. The van der Waals surface area contributed by atoms with Gasteiger partial charge in [-0.25, -0.2) is 4.79 Å². The summed E-state index contributed by atoms with van der Waals surface area (Å²) in [7, 11) is 0. The molecule has 0 aliphatic rings. The van der Waals surface area contributed by atoms with Crippen LogP contribution in [-0.4, -0.2) is 30.1 Å². The van der Waals surface area contributed by atoms with Crippen LogP contribution in [0.3, 0.4) is 0 Å². The first-order chi connectivity index (χ1) is 14.5. The molecule has 0 saturated carbocycles. The minimum Gasteiger partial charge on any atom is -0.444 e. The van der Waals surface area contributed by atoms with Crippen molar-refractivity contribution in [3.05, 3.63) is 64.7 Å². The number of ether oxygens (including phenoxy) is 1. The number of benzene rings is 2. The van der Waals surface area contributed by atoms with Crippen LogP contribution in [0.1, 0.15) is 54.2 Å². The maximum Gasteiger partial charge on any atom is 0.407 e. The second-order valence-electron chi connectivity index (χ2n) is 8.41. The van der Waals surface area contributed by atoms with E-state index in [2.05, 4.69) is 16.0 Å². The summed E-state index contributed by atoms with van der Waals surface area (Å²) in [6.07, 6.45) is -0.387. The van der Waals surface area contributed by atoms with Crippen molar-refractivity contribution < 1.29 is 19.1 Å². The van der Waals surface area contributed by atoms with Crippen LogP contribution < -0.4 is 16.0 Å². The number of amides is 3. The number of hydrogen-bond donors (Lipinski definition) is 3. The fourth-order valence-electron chi connectivity index (χ4n) is 2.67. The molecule has 7 heteroatoms. The van der Waals surface area contributed by atoms with E-state index in [-0.39, 0.29) is 24.8 Å². The van der Waals surface area contributed by atoms with Crippen LogP contribution in [0.25, 0.3) is 0 Å². The molecule has 0 heterocycles. The van der Waals surface area contributed by atoms with Gasteiger partial charge in [-0.2, -0.15) is 0 Å². The van der Waals surface area contributed by atoms with Crippen molar-refractivity contribution in [3.63, 3.8) is 0 Å². The number of rotatable bonds is 7. The molecule has 0 atom stereocenters. The molecular weight excluding hydrogens is 394 g/mol. The van der Waals surface area contributed by atoms with Gasteiger partial charge in [0, 0.05) is 30.8 Å². The molecule has 2 aromatic carbocycles. The number of nitrogens with one attached hydrogen (secondary N) is 3. The molecule has 31 heavy (non-hydrogen) atoms. The zero-order chi connectivity index (χ0) is 23.0. The fourth-order valence-corrected chi connectivity index (χ4v) is 2.67. The van der Waals surface area contributed by atoms with E-state index in [1.54, 1.807) is 39.0 Å². The van der Waals surface area contributed by atoms with Gasteiger partial charge in [-0.15, -0.1) is 0 Å². The Balaban J connectivity index is 1.75. The maximum atomic E-state index is 12.4. The van der Waals surface area contributed by atoms with Gasteiger partial charge in [0.1, 0.15) is 5.60 Å². The predicted octanol–water partition coefficient (Wildman–Crippen LogP) is 4.09. The third kappa shape index (κ3) is 8.50. The summed E-state index contributed by atoms with van der Waals surface area (Å²) >= 11 is 0. The van der Waals surface area contributed by atoms with Crippen LogP contribution in [0.5, 0.6) is 0 Å². The lowest BCUT2D eigenvalue weighted by atomic mass is 10.1. The Morgan fingerprint density at radius 3 is 2.19 bits per heavy atom. The molecule has 0 aromatic heterocycles. The van der Waals surface area contributed by atoms with E-state index in [1.807, 2.05) is 38.1 Å². The predicted molar refractivity (Wildman–Crippen MR) is 121 cm³/mol. The Kier molecular flexibility index (Phi) is 8.19. The van der Waals surface area contributed by atoms with E-state index < -0.39 is 11.7 Å². The van der Waals surface area contributed by atoms with Crippen molar-refractivity contribution in [2.24, 2.45) is 0 Å². The number of carbonyl (C=O) groups is 3. The van der Waals surface area contributed by atoms with Crippen LogP contribution in [0.4, 0.5) is 10.5 Å². The molecular formula is C24H31N3O4. The highest BCUT2D eigenvalue weighted by Crippen LogP contribution is 2.14. The summed E-state index contributed by atoms with van der Waals surface area (Å²) in [5.41, 5.74) is 3.83. The third-order valence-corrected chi connectivity index (χ3v) is 4.49. The second kappa shape index (κ2) is 10.6. The van der Waals surface area contributed by atoms with Gasteiger partial charge in [-0.3, -0.25) is 9.59 Å². The van der Waals surface area contributed by atoms with Crippen molar-refractivity contribution >= 4 is 23.6 Å². The smallest absolute Gasteiger partial charge is 0.407 e. The first kappa shape index (κ1) is 23.9. The van der Waals surface area contributed by atoms with Gasteiger partial charge in [0.2, 0.25) is 5.91 Å². The number of anilines is 1. The topological polar surface area (TPSA) is 96.5 Å². The minimum absolute atomic E-state index is 0.156. The van der Waals surface area contributed by atoms with Crippen LogP contribution in [0, 0.1) is 13.8 Å². The summed E-state index contributed by atoms with van der Waals surface area (Å²) in [6, 6.07) is 12.9. The first-order valence-corrected chi connectivity index (χ1v) is 10.2. The van der Waals surface area contributed by atoms with Crippen molar-refractivity contribution in [2.75, 3.05) is 11.9 Å². The minimum atomic E-state index is -0.572. The zero-order valence-corrected chi connectivity index (χ0v) is 18.8. The van der Waals surface area contributed by atoms with E-state index >= 15 is 0 Å². The standard InChI is InChI=1S/C24H31N3O4/c1-16-6-9-19(14-17(16)2)22(29)27-20-10-7-18(8-11-20)15-26-21(28)12-13-25-23(30)31-24(3,4)5/h6-11,14H,12-13,15H2,1-5H3,(H,25,30)(H,26,28)(H,27,29). The maximum absolute atomic E-state index is 12.4. The number of aryl methyl sites for hydroxylation is 2. The number of carbonyl (C=O) groups excluding carboxylic acids is 3. The lowest BCUT2D eigenvalue weighted by Crippen LogP contribution is -2.35. The van der Waals surface area contributed by atoms with Crippen molar-refractivity contribution in [1.29, 1.82) is 0 Å². The fraction of sp³-hybridized carbons (Fsp3) is 0.375. The van der Waals surface area contributed by atoms with E-state index in [0.717, 1.165) is 16.7 Å². The van der Waals surface area contributed by atoms with Gasteiger partial charge in [-0.05, 0) is 75.6 Å². The SMILES string of the molecule is Cc1ccc(C(=O)Nc2ccc(CNC(=O)CCNC(=O)OC(C)(C)C)cc2)cc1C. The number of alkyl carbamates (subject to hydrolysis) is 1. The molecule has 0 aliphatic carbocycles. The molecule has 2 aromatic rings. The Hall–Kier alpha value is -3.35. The Morgan fingerprint density at radius 1 is 0.903 bits per heavy atom. The molecule has 166 valence electrons. The average molecular weight is 426 g/mol. The van der Waals surface area contributed by atoms with Gasteiger partial charge in [0.05, 0.1) is 0 Å². The Labute approximate surface area is 183 Å². The van der Waals surface area contributed by atoms with Gasteiger partial charge >= 0.3 is 6.09 Å². The van der Waals surface area contributed by atoms with E-state index in [4.69, 9.17) is 4.74 Å². The molecule has 2 rings (SSSR count). The van der Waals surface area contributed by atoms with Crippen molar-refractivity contribution in [3.8, 4) is 0 Å². The first-order valence-electron chi connectivity index (χ1n) is 10.2. The Morgan fingerprint density at radius 2 is 1.58 bits per heavy atom. The van der Waals surface area contributed by atoms with Gasteiger partial charge in [-0.1, -0.05) is 18.2 Å². The van der Waals surface area contributed by atoms with E-state index in [9.17, 15) is 14.4 Å². The number of hydrogen-bond acceptors (Lipinski definition) is 4. The molecule has 3 N–H and O–H groups in total. The van der Waals surface area contributed by atoms with Crippen LogP contribution in [0.15, 0.2) is 42.5 Å². The van der Waals surface area contributed by atoms with Gasteiger partial charge in [0.25, 0.3) is 5.91 Å². The molecule has 0 bridgehead atoms. The summed E-state index contributed by atoms with van der Waals surface area (Å²) in [5, 5.41) is 8.22. The van der Waals surface area contributed by atoms with Gasteiger partial charge in [0.15, 0.2) is 0 Å². The quantitative estimate of drug-likeness (QED) is 0.623. The molecule has 3 amide bonds. The Bertz CT molecular complexity index is 931. The van der Waals surface area contributed by atoms with Crippen LogP contribution >= 0.6 is 0 Å². The third-order valence-electron chi connectivity index (χ3n) is 4.49. The van der Waals surface area contributed by atoms with E-state index in [0.29, 0.717) is 17.8 Å². The highest BCUT2D eigenvalue weighted by molar-refractivity contribution is 6.04. The largest absolute Gasteiger partial charge is 0.444 e. The monoisotopic (exact) mass is 425 g/mol. The summed E-state index contributed by atoms with van der Waals surface area (Å²) in [5.74, 6) is -0.343. The van der Waals surface area contributed by atoms with Crippen LogP contribution in [0.2, 0.25) is 0 Å². The van der Waals surface area contributed by atoms with Crippen molar-refractivity contribution in [2.45, 2.75) is 53.2 Å². The summed E-state index contributed by atoms with van der Waals surface area (Å²) in [4.78, 5) is 35.9. The molecule has 0 unspecified atom stereocenters.